The van der Waals surface area contributed by atoms with Gasteiger partial charge >= 0.3 is 6.18 Å². The molecule has 1 aliphatic rings. The van der Waals surface area contributed by atoms with Crippen molar-refractivity contribution in [2.75, 3.05) is 19.8 Å². The van der Waals surface area contributed by atoms with E-state index < -0.39 is 11.0 Å². The van der Waals surface area contributed by atoms with Gasteiger partial charge in [0.15, 0.2) is 0 Å². The van der Waals surface area contributed by atoms with E-state index in [0.29, 0.717) is 6.61 Å². The smallest absolute Gasteiger partial charge is 0.377 e. The first-order chi connectivity index (χ1) is 6.50. The standard InChI is InChI=1S/C8H12BrF3O2/c9-7(8(10,11)12)5-13-4-6-2-1-3-14-6/h6-7H,1-5H2. The minimum absolute atomic E-state index is 0.0251. The molecular formula is C8H12BrF3O2. The van der Waals surface area contributed by atoms with Crippen LogP contribution in [0.3, 0.4) is 0 Å². The summed E-state index contributed by atoms with van der Waals surface area (Å²) in [4.78, 5) is -1.59. The second-order valence-corrected chi connectivity index (χ2v) is 4.29. The van der Waals surface area contributed by atoms with Crippen LogP contribution in [-0.2, 0) is 9.47 Å². The van der Waals surface area contributed by atoms with E-state index in [2.05, 4.69) is 15.9 Å². The molecule has 0 radical (unpaired) electrons. The molecule has 1 fully saturated rings. The van der Waals surface area contributed by atoms with Gasteiger partial charge in [0.1, 0.15) is 4.83 Å². The summed E-state index contributed by atoms with van der Waals surface area (Å²) in [7, 11) is 0. The highest BCUT2D eigenvalue weighted by molar-refractivity contribution is 9.09. The van der Waals surface area contributed by atoms with Gasteiger partial charge < -0.3 is 9.47 Å². The van der Waals surface area contributed by atoms with E-state index in [-0.39, 0.29) is 19.3 Å². The third kappa shape index (κ3) is 4.14. The fraction of sp³-hybridized carbons (Fsp3) is 1.00. The number of hydrogen-bond donors (Lipinski definition) is 0. The average molecular weight is 277 g/mol. The van der Waals surface area contributed by atoms with Crippen LogP contribution in [-0.4, -0.2) is 36.9 Å². The van der Waals surface area contributed by atoms with Crippen molar-refractivity contribution in [3.05, 3.63) is 0 Å². The maximum absolute atomic E-state index is 12.0. The fourth-order valence-corrected chi connectivity index (χ4v) is 1.36. The molecule has 0 bridgehead atoms. The highest BCUT2D eigenvalue weighted by Crippen LogP contribution is 2.26. The van der Waals surface area contributed by atoms with Crippen molar-refractivity contribution in [1.29, 1.82) is 0 Å². The second kappa shape index (κ2) is 5.32. The van der Waals surface area contributed by atoms with Gasteiger partial charge in [-0.1, -0.05) is 15.9 Å². The van der Waals surface area contributed by atoms with Crippen LogP contribution in [0.5, 0.6) is 0 Å². The molecular weight excluding hydrogens is 265 g/mol. The number of alkyl halides is 4. The first kappa shape index (κ1) is 12.3. The molecule has 2 unspecified atom stereocenters. The molecule has 1 rings (SSSR count). The Labute approximate surface area is 88.9 Å². The van der Waals surface area contributed by atoms with Crippen molar-refractivity contribution >= 4 is 15.9 Å². The largest absolute Gasteiger partial charge is 0.403 e. The van der Waals surface area contributed by atoms with Crippen LogP contribution >= 0.6 is 15.9 Å². The Kier molecular flexibility index (Phi) is 4.66. The zero-order valence-corrected chi connectivity index (χ0v) is 9.10. The van der Waals surface area contributed by atoms with Crippen LogP contribution in [0.1, 0.15) is 12.8 Å². The highest BCUT2D eigenvalue weighted by atomic mass is 79.9. The Hall–Kier alpha value is 0.190. The molecule has 0 amide bonds. The summed E-state index contributed by atoms with van der Waals surface area (Å²) >= 11 is 2.52. The lowest BCUT2D eigenvalue weighted by molar-refractivity contribution is -0.139. The van der Waals surface area contributed by atoms with Gasteiger partial charge in [0, 0.05) is 6.61 Å². The summed E-state index contributed by atoms with van der Waals surface area (Å²) in [6, 6.07) is 0. The Balaban J connectivity index is 2.08. The van der Waals surface area contributed by atoms with Gasteiger partial charge in [-0.25, -0.2) is 0 Å². The van der Waals surface area contributed by atoms with E-state index in [1.54, 1.807) is 0 Å². The first-order valence-corrected chi connectivity index (χ1v) is 5.32. The molecule has 0 aromatic carbocycles. The first-order valence-electron chi connectivity index (χ1n) is 4.40. The van der Waals surface area contributed by atoms with Gasteiger partial charge in [0.2, 0.25) is 0 Å². The van der Waals surface area contributed by atoms with Crippen LogP contribution in [0.15, 0.2) is 0 Å². The molecule has 14 heavy (non-hydrogen) atoms. The van der Waals surface area contributed by atoms with Crippen LogP contribution < -0.4 is 0 Å². The van der Waals surface area contributed by atoms with Crippen molar-refractivity contribution in [3.8, 4) is 0 Å². The van der Waals surface area contributed by atoms with Crippen molar-refractivity contribution < 1.29 is 22.6 Å². The van der Waals surface area contributed by atoms with Crippen molar-refractivity contribution in [3.63, 3.8) is 0 Å². The normalized spacial score (nSPS) is 25.3. The third-order valence-electron chi connectivity index (χ3n) is 1.95. The molecule has 0 aliphatic carbocycles. The predicted molar refractivity (Wildman–Crippen MR) is 48.6 cm³/mol. The number of rotatable bonds is 4. The Morgan fingerprint density at radius 3 is 2.71 bits per heavy atom. The van der Waals surface area contributed by atoms with Crippen LogP contribution in [0.25, 0.3) is 0 Å². The van der Waals surface area contributed by atoms with E-state index in [9.17, 15) is 13.2 Å². The maximum Gasteiger partial charge on any atom is 0.403 e. The van der Waals surface area contributed by atoms with Crippen LogP contribution in [0, 0.1) is 0 Å². The Morgan fingerprint density at radius 1 is 1.50 bits per heavy atom. The molecule has 1 aliphatic heterocycles. The van der Waals surface area contributed by atoms with Gasteiger partial charge in [-0.05, 0) is 12.8 Å². The molecule has 1 saturated heterocycles. The molecule has 6 heteroatoms. The lowest BCUT2D eigenvalue weighted by Crippen LogP contribution is -2.29. The molecule has 2 nitrogen and oxygen atoms in total. The van der Waals surface area contributed by atoms with Crippen molar-refractivity contribution in [1.82, 2.24) is 0 Å². The Bertz CT molecular complexity index is 168. The topological polar surface area (TPSA) is 18.5 Å². The number of ether oxygens (including phenoxy) is 2. The van der Waals surface area contributed by atoms with Gasteiger partial charge in [0.05, 0.1) is 19.3 Å². The van der Waals surface area contributed by atoms with Gasteiger partial charge in [-0.3, -0.25) is 0 Å². The summed E-state index contributed by atoms with van der Waals surface area (Å²) in [6.45, 7) is 0.576. The monoisotopic (exact) mass is 276 g/mol. The van der Waals surface area contributed by atoms with Gasteiger partial charge in [-0.2, -0.15) is 13.2 Å². The number of hydrogen-bond acceptors (Lipinski definition) is 2. The molecule has 0 spiro atoms. The minimum atomic E-state index is -4.24. The fourth-order valence-electron chi connectivity index (χ4n) is 1.17. The summed E-state index contributed by atoms with van der Waals surface area (Å²) in [5.74, 6) is 0. The van der Waals surface area contributed by atoms with E-state index >= 15 is 0 Å². The lowest BCUT2D eigenvalue weighted by Gasteiger charge is -2.15. The van der Waals surface area contributed by atoms with E-state index in [1.807, 2.05) is 0 Å². The molecule has 1 heterocycles. The van der Waals surface area contributed by atoms with Gasteiger partial charge in [-0.15, -0.1) is 0 Å². The lowest BCUT2D eigenvalue weighted by atomic mass is 10.2. The summed E-state index contributed by atoms with van der Waals surface area (Å²) in [6.07, 6.45) is -2.43. The van der Waals surface area contributed by atoms with E-state index in [4.69, 9.17) is 9.47 Å². The SMILES string of the molecule is FC(F)(F)C(Br)COCC1CCCO1. The van der Waals surface area contributed by atoms with Crippen LogP contribution in [0.4, 0.5) is 13.2 Å². The summed E-state index contributed by atoms with van der Waals surface area (Å²) in [5, 5.41) is 0. The zero-order valence-electron chi connectivity index (χ0n) is 7.52. The Morgan fingerprint density at radius 2 is 2.21 bits per heavy atom. The maximum atomic E-state index is 12.0. The van der Waals surface area contributed by atoms with Crippen LogP contribution in [0.2, 0.25) is 0 Å². The zero-order chi connectivity index (χ0) is 10.6. The molecule has 2 atom stereocenters. The summed E-state index contributed by atoms with van der Waals surface area (Å²) in [5.41, 5.74) is 0. The molecule has 0 aromatic rings. The van der Waals surface area contributed by atoms with Gasteiger partial charge in [0.25, 0.3) is 0 Å². The molecule has 0 saturated carbocycles. The van der Waals surface area contributed by atoms with E-state index in [1.165, 1.54) is 0 Å². The highest BCUT2D eigenvalue weighted by Gasteiger charge is 2.37. The summed E-state index contributed by atoms with van der Waals surface area (Å²) < 4.78 is 46.1. The van der Waals surface area contributed by atoms with Crippen molar-refractivity contribution in [2.24, 2.45) is 0 Å². The molecule has 0 aromatic heterocycles. The van der Waals surface area contributed by atoms with Crippen molar-refractivity contribution in [2.45, 2.75) is 29.9 Å². The number of halogens is 4. The minimum Gasteiger partial charge on any atom is -0.377 e. The average Bonchev–Trinajstić information content (AvgIpc) is 2.55. The molecule has 0 N–H and O–H groups in total. The predicted octanol–water partition coefficient (Wildman–Crippen LogP) is 2.51. The quantitative estimate of drug-likeness (QED) is 0.735. The van der Waals surface area contributed by atoms with E-state index in [0.717, 1.165) is 12.8 Å². The molecule has 84 valence electrons. The second-order valence-electron chi connectivity index (χ2n) is 3.18. The third-order valence-corrected chi connectivity index (χ3v) is 2.73.